The molecular weight excluding hydrogens is 266 g/mol. The van der Waals surface area contributed by atoms with Crippen LogP contribution < -0.4 is 4.74 Å². The lowest BCUT2D eigenvalue weighted by Crippen LogP contribution is -2.21. The van der Waals surface area contributed by atoms with Crippen LogP contribution >= 0.6 is 0 Å². The predicted octanol–water partition coefficient (Wildman–Crippen LogP) is 2.93. The Kier molecular flexibility index (Phi) is 5.35. The van der Waals surface area contributed by atoms with Gasteiger partial charge in [-0.3, -0.25) is 4.79 Å². The molecule has 0 aliphatic carbocycles. The summed E-state index contributed by atoms with van der Waals surface area (Å²) in [6.45, 7) is 5.87. The maximum absolute atomic E-state index is 12.3. The van der Waals surface area contributed by atoms with Crippen LogP contribution in [0.15, 0.2) is 24.3 Å². The van der Waals surface area contributed by atoms with E-state index in [-0.39, 0.29) is 11.7 Å². The first-order valence-electron chi connectivity index (χ1n) is 7.35. The second-order valence-electron chi connectivity index (χ2n) is 5.80. The third-order valence-electron chi connectivity index (χ3n) is 3.54. The summed E-state index contributed by atoms with van der Waals surface area (Å²) >= 11 is 0. The molecule has 1 aromatic rings. The number of benzene rings is 1. The second-order valence-corrected chi connectivity index (χ2v) is 5.80. The fourth-order valence-electron chi connectivity index (χ4n) is 2.32. The molecule has 0 N–H and O–H groups in total. The molecule has 0 saturated carbocycles. The van der Waals surface area contributed by atoms with E-state index in [1.807, 2.05) is 12.1 Å². The van der Waals surface area contributed by atoms with E-state index in [9.17, 15) is 10.1 Å². The third kappa shape index (κ3) is 4.05. The van der Waals surface area contributed by atoms with Gasteiger partial charge in [0.1, 0.15) is 11.7 Å². The topological polar surface area (TPSA) is 59.3 Å². The summed E-state index contributed by atoms with van der Waals surface area (Å²) in [4.78, 5) is 12.3. The Morgan fingerprint density at radius 2 is 2.14 bits per heavy atom. The number of ether oxygens (including phenoxy) is 2. The van der Waals surface area contributed by atoms with Gasteiger partial charge in [0.25, 0.3) is 0 Å². The minimum atomic E-state index is -0.712. The standard InChI is InChI=1S/C17H21NO3/c1-12(2)10-21-15-5-3-13(4-6-15)16(9-18)17(19)14-7-8-20-11-14/h3-6,12,14,16H,7-8,10-11H2,1-2H3. The van der Waals surface area contributed by atoms with E-state index in [0.717, 1.165) is 11.3 Å². The molecule has 1 aliphatic heterocycles. The van der Waals surface area contributed by atoms with Crippen molar-refractivity contribution in [2.24, 2.45) is 11.8 Å². The van der Waals surface area contributed by atoms with Crippen LogP contribution in [0.4, 0.5) is 0 Å². The lowest BCUT2D eigenvalue weighted by atomic mass is 9.88. The highest BCUT2D eigenvalue weighted by Crippen LogP contribution is 2.26. The molecule has 112 valence electrons. The van der Waals surface area contributed by atoms with Crippen molar-refractivity contribution in [2.75, 3.05) is 19.8 Å². The summed E-state index contributed by atoms with van der Waals surface area (Å²) < 4.78 is 10.8. The number of rotatable bonds is 6. The Hall–Kier alpha value is -1.86. The van der Waals surface area contributed by atoms with E-state index in [4.69, 9.17) is 9.47 Å². The molecule has 21 heavy (non-hydrogen) atoms. The Balaban J connectivity index is 2.04. The number of nitrogens with zero attached hydrogens (tertiary/aromatic N) is 1. The van der Waals surface area contributed by atoms with Crippen LogP contribution in [0.2, 0.25) is 0 Å². The van der Waals surface area contributed by atoms with Gasteiger partial charge in [-0.15, -0.1) is 0 Å². The number of carbonyl (C=O) groups is 1. The normalized spacial score (nSPS) is 19.2. The van der Waals surface area contributed by atoms with E-state index >= 15 is 0 Å². The number of hydrogen-bond donors (Lipinski definition) is 0. The first-order valence-corrected chi connectivity index (χ1v) is 7.35. The van der Waals surface area contributed by atoms with Crippen molar-refractivity contribution < 1.29 is 14.3 Å². The number of nitriles is 1. The molecule has 0 radical (unpaired) electrons. The Morgan fingerprint density at radius 3 is 2.67 bits per heavy atom. The van der Waals surface area contributed by atoms with Gasteiger partial charge >= 0.3 is 0 Å². The largest absolute Gasteiger partial charge is 0.493 e. The fourth-order valence-corrected chi connectivity index (χ4v) is 2.32. The highest BCUT2D eigenvalue weighted by Gasteiger charge is 2.30. The Bertz CT molecular complexity index is 510. The van der Waals surface area contributed by atoms with Gasteiger partial charge in [0, 0.05) is 12.5 Å². The van der Waals surface area contributed by atoms with Gasteiger partial charge in [0.15, 0.2) is 5.78 Å². The van der Waals surface area contributed by atoms with Crippen molar-refractivity contribution >= 4 is 5.78 Å². The smallest absolute Gasteiger partial charge is 0.159 e. The van der Waals surface area contributed by atoms with Crippen LogP contribution in [0.3, 0.4) is 0 Å². The first kappa shape index (κ1) is 15.5. The van der Waals surface area contributed by atoms with Crippen LogP contribution in [-0.4, -0.2) is 25.6 Å². The quantitative estimate of drug-likeness (QED) is 0.807. The summed E-state index contributed by atoms with van der Waals surface area (Å²) in [6.07, 6.45) is 0.715. The van der Waals surface area contributed by atoms with E-state index in [0.29, 0.717) is 32.2 Å². The van der Waals surface area contributed by atoms with Crippen molar-refractivity contribution in [2.45, 2.75) is 26.2 Å². The SMILES string of the molecule is CC(C)COc1ccc(C(C#N)C(=O)C2CCOC2)cc1. The number of carbonyl (C=O) groups excluding carboxylic acids is 1. The number of Topliss-reactive ketones (excluding diaryl/α,β-unsaturated/α-hetero) is 1. The van der Waals surface area contributed by atoms with E-state index in [1.54, 1.807) is 12.1 Å². The van der Waals surface area contributed by atoms with E-state index < -0.39 is 5.92 Å². The van der Waals surface area contributed by atoms with Gasteiger partial charge in [-0.05, 0) is 30.0 Å². The summed E-state index contributed by atoms with van der Waals surface area (Å²) in [5.74, 6) is 0.328. The summed E-state index contributed by atoms with van der Waals surface area (Å²) in [6, 6.07) is 9.36. The van der Waals surface area contributed by atoms with Gasteiger partial charge in [-0.1, -0.05) is 26.0 Å². The van der Waals surface area contributed by atoms with Gasteiger partial charge in [0.2, 0.25) is 0 Å². The summed E-state index contributed by atoms with van der Waals surface area (Å²) in [5, 5.41) is 9.31. The fraction of sp³-hybridized carbons (Fsp3) is 0.529. The molecule has 1 saturated heterocycles. The van der Waals surface area contributed by atoms with Crippen molar-refractivity contribution in [1.29, 1.82) is 5.26 Å². The van der Waals surface area contributed by atoms with Crippen LogP contribution in [-0.2, 0) is 9.53 Å². The van der Waals surface area contributed by atoms with Crippen molar-refractivity contribution in [3.8, 4) is 11.8 Å². The van der Waals surface area contributed by atoms with Crippen molar-refractivity contribution in [1.82, 2.24) is 0 Å². The average Bonchev–Trinajstić information content (AvgIpc) is 3.01. The lowest BCUT2D eigenvalue weighted by Gasteiger charge is -2.14. The zero-order chi connectivity index (χ0) is 15.2. The minimum absolute atomic E-state index is 0.0363. The first-order chi connectivity index (χ1) is 10.1. The molecular formula is C17H21NO3. The molecule has 2 atom stereocenters. The molecule has 1 aliphatic rings. The van der Waals surface area contributed by atoms with Gasteiger partial charge in [-0.25, -0.2) is 0 Å². The van der Waals surface area contributed by atoms with Crippen LogP contribution in [0, 0.1) is 23.2 Å². The molecule has 0 amide bonds. The van der Waals surface area contributed by atoms with Gasteiger partial charge in [0.05, 0.1) is 19.3 Å². The van der Waals surface area contributed by atoms with Crippen LogP contribution in [0.1, 0.15) is 31.7 Å². The molecule has 2 rings (SSSR count). The van der Waals surface area contributed by atoms with Crippen molar-refractivity contribution in [3.63, 3.8) is 0 Å². The third-order valence-corrected chi connectivity index (χ3v) is 3.54. The lowest BCUT2D eigenvalue weighted by molar-refractivity contribution is -0.123. The zero-order valence-electron chi connectivity index (χ0n) is 12.5. The summed E-state index contributed by atoms with van der Waals surface area (Å²) in [7, 11) is 0. The molecule has 0 bridgehead atoms. The molecule has 4 nitrogen and oxygen atoms in total. The summed E-state index contributed by atoms with van der Waals surface area (Å²) in [5.41, 5.74) is 0.728. The van der Waals surface area contributed by atoms with Gasteiger partial charge < -0.3 is 9.47 Å². The second kappa shape index (κ2) is 7.24. The molecule has 0 aromatic heterocycles. The monoisotopic (exact) mass is 287 g/mol. The zero-order valence-corrected chi connectivity index (χ0v) is 12.5. The maximum atomic E-state index is 12.3. The molecule has 4 heteroatoms. The predicted molar refractivity (Wildman–Crippen MR) is 79.1 cm³/mol. The van der Waals surface area contributed by atoms with Crippen LogP contribution in [0.25, 0.3) is 0 Å². The van der Waals surface area contributed by atoms with Crippen LogP contribution in [0.5, 0.6) is 5.75 Å². The molecule has 1 fully saturated rings. The van der Waals surface area contributed by atoms with Crippen molar-refractivity contribution in [3.05, 3.63) is 29.8 Å². The average molecular weight is 287 g/mol. The Labute approximate surface area is 125 Å². The minimum Gasteiger partial charge on any atom is -0.493 e. The number of hydrogen-bond acceptors (Lipinski definition) is 4. The highest BCUT2D eigenvalue weighted by molar-refractivity contribution is 5.90. The molecule has 1 heterocycles. The number of ketones is 1. The maximum Gasteiger partial charge on any atom is 0.159 e. The van der Waals surface area contributed by atoms with E-state index in [1.165, 1.54) is 0 Å². The van der Waals surface area contributed by atoms with E-state index in [2.05, 4.69) is 19.9 Å². The molecule has 2 unspecified atom stereocenters. The Morgan fingerprint density at radius 1 is 1.43 bits per heavy atom. The van der Waals surface area contributed by atoms with Gasteiger partial charge in [-0.2, -0.15) is 5.26 Å². The molecule has 0 spiro atoms. The highest BCUT2D eigenvalue weighted by atomic mass is 16.5. The molecule has 1 aromatic carbocycles.